The molecule has 0 amide bonds. The summed E-state index contributed by atoms with van der Waals surface area (Å²) in [6.07, 6.45) is 0. The Hall–Kier alpha value is 0.147. The predicted octanol–water partition coefficient (Wildman–Crippen LogP) is 0.419. The Morgan fingerprint density at radius 1 is 0.500 bits per heavy atom. The summed E-state index contributed by atoms with van der Waals surface area (Å²) in [7, 11) is 0. The zero-order valence-corrected chi connectivity index (χ0v) is 27.2. The van der Waals surface area contributed by atoms with Gasteiger partial charge in [-0.15, -0.1) is 26.2 Å². The molecule has 0 spiro atoms. The fourth-order valence-corrected chi connectivity index (χ4v) is 4.11. The maximum atomic E-state index is 4.52. The topological polar surface area (TPSA) is 82.8 Å². The minimum Gasteiger partial charge on any atom is -0.660 e. The molecule has 0 unspecified atom stereocenters. The Bertz CT molecular complexity index is 518. The monoisotopic (exact) mass is 572 g/mol. The largest absolute Gasteiger partial charge is 2.00 e. The van der Waals surface area contributed by atoms with E-state index in [2.05, 4.69) is 66.0 Å². The van der Waals surface area contributed by atoms with Crippen LogP contribution < -0.4 is 21.3 Å². The third kappa shape index (κ3) is 14.6. The number of hydrogen-bond donors (Lipinski definition) is 4. The van der Waals surface area contributed by atoms with Crippen LogP contribution in [-0.4, -0.2) is 115 Å². The van der Waals surface area contributed by atoms with E-state index in [0.29, 0.717) is 0 Å². The average molecular weight is 575 g/mol. The Morgan fingerprint density at radius 2 is 0.794 bits per heavy atom. The van der Waals surface area contributed by atoms with Gasteiger partial charge < -0.3 is 31.9 Å². The van der Waals surface area contributed by atoms with Crippen LogP contribution >= 0.6 is 0 Å². The summed E-state index contributed by atoms with van der Waals surface area (Å²) >= 11 is 0. The van der Waals surface area contributed by atoms with Gasteiger partial charge >= 0.3 is 39.0 Å². The van der Waals surface area contributed by atoms with E-state index < -0.39 is 0 Å². The van der Waals surface area contributed by atoms with E-state index in [9.17, 15) is 0 Å². The summed E-state index contributed by atoms with van der Waals surface area (Å²) in [5.74, 6) is 0. The van der Waals surface area contributed by atoms with Crippen LogP contribution in [0.25, 0.3) is 10.6 Å². The van der Waals surface area contributed by atoms with Crippen molar-refractivity contribution in [3.63, 3.8) is 0 Å². The van der Waals surface area contributed by atoms with Crippen molar-refractivity contribution in [3.05, 3.63) is 46.0 Å². The van der Waals surface area contributed by atoms with Gasteiger partial charge in [-0.05, 0) is 37.3 Å². The van der Waals surface area contributed by atoms with E-state index in [4.69, 9.17) is 0 Å². The van der Waals surface area contributed by atoms with Gasteiger partial charge in [-0.2, -0.15) is 0 Å². The zero-order valence-electron chi connectivity index (χ0n) is 21.2. The molecule has 1 aromatic rings. The fourth-order valence-electron chi connectivity index (χ4n) is 4.11. The molecule has 2 aliphatic rings. The normalized spacial score (nSPS) is 21.4. The molecule has 182 valence electrons. The maximum absolute atomic E-state index is 4.52. The Kier molecular flexibility index (Phi) is 20.1. The van der Waals surface area contributed by atoms with Gasteiger partial charge in [0, 0.05) is 65.4 Å². The third-order valence-electron chi connectivity index (χ3n) is 6.04. The molecule has 0 saturated carbocycles. The molecule has 8 nitrogen and oxygen atoms in total. The average Bonchev–Trinajstić information content (AvgIpc) is 2.79. The molecule has 2 saturated heterocycles. The Labute approximate surface area is 233 Å². The van der Waals surface area contributed by atoms with Crippen LogP contribution in [-0.2, 0) is 52.0 Å². The molecule has 1 aromatic carbocycles. The van der Waals surface area contributed by atoms with Crippen molar-refractivity contribution in [2.45, 2.75) is 13.1 Å². The van der Waals surface area contributed by atoms with Gasteiger partial charge in [0.05, 0.1) is 0 Å². The summed E-state index contributed by atoms with van der Waals surface area (Å²) in [6, 6.07) is 9.28. The Balaban J connectivity index is 0.00000289. The first-order valence-electron chi connectivity index (χ1n) is 12.5. The molecule has 4 N–H and O–H groups in total. The van der Waals surface area contributed by atoms with Crippen LogP contribution in [0.1, 0.15) is 11.1 Å². The summed E-state index contributed by atoms with van der Waals surface area (Å²) in [4.78, 5) is 5.10. The van der Waals surface area contributed by atoms with Gasteiger partial charge in [-0.1, -0.05) is 24.3 Å². The van der Waals surface area contributed by atoms with Gasteiger partial charge in [0.1, 0.15) is 0 Å². The predicted molar refractivity (Wildman–Crippen MR) is 135 cm³/mol. The summed E-state index contributed by atoms with van der Waals surface area (Å²) in [5, 5.41) is 23.1. The van der Waals surface area contributed by atoms with Crippen LogP contribution in [0.15, 0.2) is 24.3 Å². The van der Waals surface area contributed by atoms with Crippen molar-refractivity contribution in [2.24, 2.45) is 0 Å². The first-order valence-corrected chi connectivity index (χ1v) is 12.5. The van der Waals surface area contributed by atoms with Crippen molar-refractivity contribution >= 4 is 0 Å². The summed E-state index contributed by atoms with van der Waals surface area (Å²) in [6.45, 7) is 18.0. The van der Waals surface area contributed by atoms with Crippen LogP contribution in [0.2, 0.25) is 0 Å². The molecule has 34 heavy (non-hydrogen) atoms. The van der Waals surface area contributed by atoms with Crippen LogP contribution in [0.4, 0.5) is 0 Å². The molecule has 0 atom stereocenters. The van der Waals surface area contributed by atoms with E-state index in [1.165, 1.54) is 11.1 Å². The molecular formula is C24H44N8Zn2+2. The molecule has 2 heterocycles. The van der Waals surface area contributed by atoms with E-state index in [1.54, 1.807) is 0 Å². The molecule has 0 aromatic heterocycles. The van der Waals surface area contributed by atoms with Crippen LogP contribution in [0.5, 0.6) is 0 Å². The second-order valence-corrected chi connectivity index (χ2v) is 8.71. The van der Waals surface area contributed by atoms with Gasteiger partial charge in [-0.25, -0.2) is 0 Å². The summed E-state index contributed by atoms with van der Waals surface area (Å²) in [5.41, 5.74) is 2.80. The molecule has 2 aliphatic heterocycles. The second kappa shape index (κ2) is 21.3. The molecule has 3 rings (SSSR count). The van der Waals surface area contributed by atoms with E-state index in [1.807, 2.05) is 0 Å². The third-order valence-corrected chi connectivity index (χ3v) is 6.04. The minimum absolute atomic E-state index is 0. The SMILES string of the molecule is [Zn+2].[Zn+2].c1cc(CN2CCNCC[N-]CCNCC2)ccc1CN1CCNCC[N-]CCNCC1. The molecule has 0 radical (unpaired) electrons. The standard InChI is InChI=1S/C24H44N8.2Zn/c1-2-24(22-32-19-15-29-11-7-26-8-12-30-16-20-32)4-3-23(1)21-31-17-13-27-9-5-25-6-10-28-14-18-31;;/h1-4,27-30H,5-22H2;;/q-2;2*+2. The molecule has 10 heteroatoms. The smallest absolute Gasteiger partial charge is 0.660 e. The van der Waals surface area contributed by atoms with Gasteiger partial charge in [0.15, 0.2) is 0 Å². The number of nitrogens with one attached hydrogen (secondary N) is 4. The molecule has 2 fully saturated rings. The van der Waals surface area contributed by atoms with Crippen molar-refractivity contribution in [1.29, 1.82) is 0 Å². The van der Waals surface area contributed by atoms with Crippen LogP contribution in [0.3, 0.4) is 0 Å². The Morgan fingerprint density at radius 3 is 1.09 bits per heavy atom. The minimum atomic E-state index is 0. The van der Waals surface area contributed by atoms with Gasteiger partial charge in [0.25, 0.3) is 0 Å². The zero-order chi connectivity index (χ0) is 22.1. The maximum Gasteiger partial charge on any atom is 2.00 e. The molecular weight excluding hydrogens is 531 g/mol. The van der Waals surface area contributed by atoms with Gasteiger partial charge in [0.2, 0.25) is 0 Å². The fraction of sp³-hybridized carbons (Fsp3) is 0.750. The van der Waals surface area contributed by atoms with Crippen molar-refractivity contribution in [3.8, 4) is 0 Å². The molecule has 0 aliphatic carbocycles. The van der Waals surface area contributed by atoms with Crippen molar-refractivity contribution in [1.82, 2.24) is 31.1 Å². The number of nitrogens with zero attached hydrogens (tertiary/aromatic N) is 4. The van der Waals surface area contributed by atoms with E-state index in [-0.39, 0.29) is 39.0 Å². The quantitative estimate of drug-likeness (QED) is 0.390. The van der Waals surface area contributed by atoms with Crippen LogP contribution in [0, 0.1) is 0 Å². The van der Waals surface area contributed by atoms with E-state index >= 15 is 0 Å². The van der Waals surface area contributed by atoms with Crippen molar-refractivity contribution < 1.29 is 39.0 Å². The number of benzene rings is 1. The second-order valence-electron chi connectivity index (χ2n) is 8.71. The van der Waals surface area contributed by atoms with Crippen molar-refractivity contribution in [2.75, 3.05) is 105 Å². The first-order chi connectivity index (χ1) is 15.9. The molecule has 0 bridgehead atoms. The first kappa shape index (κ1) is 32.2. The number of hydrogen-bond acceptors (Lipinski definition) is 6. The number of rotatable bonds is 4. The van der Waals surface area contributed by atoms with E-state index in [0.717, 1.165) is 118 Å². The summed E-state index contributed by atoms with van der Waals surface area (Å²) < 4.78 is 0. The van der Waals surface area contributed by atoms with Gasteiger partial charge in [-0.3, -0.25) is 9.80 Å².